The summed E-state index contributed by atoms with van der Waals surface area (Å²) >= 11 is 7.04. The largest absolute Gasteiger partial charge is 0.358 e. The first kappa shape index (κ1) is 10.7. The van der Waals surface area contributed by atoms with E-state index in [0.29, 0.717) is 11.9 Å². The summed E-state index contributed by atoms with van der Waals surface area (Å²) in [6, 6.07) is 0.371. The molecule has 0 fully saturated rings. The zero-order valence-electron chi connectivity index (χ0n) is 7.88. The smallest absolute Gasteiger partial charge is 0.202 e. The second kappa shape index (κ2) is 5.40. The molecule has 0 aliphatic heterocycles. The van der Waals surface area contributed by atoms with E-state index in [-0.39, 0.29) is 0 Å². The van der Waals surface area contributed by atoms with Crippen LogP contribution in [0.25, 0.3) is 0 Å². The highest BCUT2D eigenvalue weighted by atomic mass is 35.5. The van der Waals surface area contributed by atoms with Crippen LogP contribution in [0.5, 0.6) is 0 Å². The van der Waals surface area contributed by atoms with Crippen LogP contribution in [-0.2, 0) is 6.42 Å². The Morgan fingerprint density at radius 3 is 2.92 bits per heavy atom. The molecular weight excluding hydrogens is 206 g/mol. The van der Waals surface area contributed by atoms with Gasteiger partial charge in [0, 0.05) is 29.9 Å². The molecule has 1 heterocycles. The van der Waals surface area contributed by atoms with Gasteiger partial charge >= 0.3 is 0 Å². The maximum atomic E-state index is 5.62. The Labute approximate surface area is 87.7 Å². The molecule has 0 saturated heterocycles. The molecule has 0 amide bonds. The van der Waals surface area contributed by atoms with Crippen molar-refractivity contribution in [3.05, 3.63) is 5.82 Å². The summed E-state index contributed by atoms with van der Waals surface area (Å²) in [5, 5.41) is 4.16. The highest BCUT2D eigenvalue weighted by molar-refractivity contribution is 7.09. The van der Waals surface area contributed by atoms with Gasteiger partial charge in [0.25, 0.3) is 0 Å². The molecule has 0 aromatic carbocycles. The summed E-state index contributed by atoms with van der Waals surface area (Å²) in [5.74, 6) is 1.58. The van der Waals surface area contributed by atoms with Crippen LogP contribution >= 0.6 is 23.1 Å². The highest BCUT2D eigenvalue weighted by Gasteiger charge is 2.05. The zero-order chi connectivity index (χ0) is 9.68. The number of hydrogen-bond donors (Lipinski definition) is 1. The van der Waals surface area contributed by atoms with Crippen LogP contribution < -0.4 is 5.32 Å². The first-order valence-electron chi connectivity index (χ1n) is 4.41. The predicted molar refractivity (Wildman–Crippen MR) is 57.7 cm³/mol. The van der Waals surface area contributed by atoms with Gasteiger partial charge < -0.3 is 5.32 Å². The van der Waals surface area contributed by atoms with Crippen LogP contribution in [0.1, 0.15) is 26.1 Å². The third kappa shape index (κ3) is 3.48. The Kier molecular flexibility index (Phi) is 4.45. The molecule has 13 heavy (non-hydrogen) atoms. The van der Waals surface area contributed by atoms with E-state index in [1.165, 1.54) is 11.5 Å². The normalized spacial score (nSPS) is 12.8. The van der Waals surface area contributed by atoms with E-state index in [9.17, 15) is 0 Å². The Bertz CT molecular complexity index is 251. The minimum atomic E-state index is 0.371. The van der Waals surface area contributed by atoms with Crippen molar-refractivity contribution < 1.29 is 0 Å². The van der Waals surface area contributed by atoms with Crippen LogP contribution in [0.4, 0.5) is 5.13 Å². The molecule has 0 saturated carbocycles. The fourth-order valence-corrected chi connectivity index (χ4v) is 1.99. The second-order valence-electron chi connectivity index (χ2n) is 2.89. The topological polar surface area (TPSA) is 37.8 Å². The van der Waals surface area contributed by atoms with Gasteiger partial charge in [-0.3, -0.25) is 0 Å². The fraction of sp³-hybridized carbons (Fsp3) is 0.750. The lowest BCUT2D eigenvalue weighted by Gasteiger charge is -2.09. The monoisotopic (exact) mass is 219 g/mol. The Morgan fingerprint density at radius 1 is 1.62 bits per heavy atom. The number of rotatable bonds is 5. The molecule has 3 nitrogen and oxygen atoms in total. The number of hydrogen-bond acceptors (Lipinski definition) is 4. The highest BCUT2D eigenvalue weighted by Crippen LogP contribution is 2.13. The Morgan fingerprint density at radius 2 is 2.38 bits per heavy atom. The number of alkyl halides is 1. The molecule has 1 rings (SSSR count). The van der Waals surface area contributed by atoms with E-state index in [4.69, 9.17) is 11.6 Å². The number of aryl methyl sites for hydroxylation is 1. The molecule has 1 aromatic rings. The lowest BCUT2D eigenvalue weighted by molar-refractivity contribution is 0.766. The third-order valence-electron chi connectivity index (χ3n) is 1.70. The van der Waals surface area contributed by atoms with Gasteiger partial charge in [-0.15, -0.1) is 11.6 Å². The van der Waals surface area contributed by atoms with Crippen LogP contribution in [-0.4, -0.2) is 21.3 Å². The zero-order valence-corrected chi connectivity index (χ0v) is 9.45. The quantitative estimate of drug-likeness (QED) is 0.774. The standard InChI is InChI=1S/C8H14ClN3S/c1-3-7-11-8(13-12-7)10-6(2)4-5-9/h6H,3-5H2,1-2H3,(H,10,11,12). The summed E-state index contributed by atoms with van der Waals surface area (Å²) in [7, 11) is 0. The number of nitrogens with one attached hydrogen (secondary N) is 1. The Hall–Kier alpha value is -0.350. The van der Waals surface area contributed by atoms with Crippen LogP contribution in [0.15, 0.2) is 0 Å². The first-order valence-corrected chi connectivity index (χ1v) is 5.72. The molecule has 0 radical (unpaired) electrons. The van der Waals surface area contributed by atoms with Gasteiger partial charge in [-0.1, -0.05) is 6.92 Å². The molecule has 5 heteroatoms. The van der Waals surface area contributed by atoms with Crippen molar-refractivity contribution in [2.45, 2.75) is 32.7 Å². The maximum Gasteiger partial charge on any atom is 0.202 e. The minimum Gasteiger partial charge on any atom is -0.358 e. The maximum absolute atomic E-state index is 5.62. The van der Waals surface area contributed by atoms with E-state index < -0.39 is 0 Å². The number of aromatic nitrogens is 2. The summed E-state index contributed by atoms with van der Waals surface area (Å²) in [6.07, 6.45) is 1.84. The average Bonchev–Trinajstić information content (AvgIpc) is 2.52. The predicted octanol–water partition coefficient (Wildman–Crippen LogP) is 2.53. The van der Waals surface area contributed by atoms with Crippen molar-refractivity contribution >= 4 is 28.3 Å². The van der Waals surface area contributed by atoms with E-state index in [0.717, 1.165) is 23.8 Å². The lowest BCUT2D eigenvalue weighted by atomic mass is 10.3. The minimum absolute atomic E-state index is 0.371. The van der Waals surface area contributed by atoms with E-state index in [2.05, 4.69) is 21.6 Å². The number of halogens is 1. The van der Waals surface area contributed by atoms with Gasteiger partial charge in [-0.25, -0.2) is 4.98 Å². The Balaban J connectivity index is 2.44. The van der Waals surface area contributed by atoms with Crippen LogP contribution in [0.2, 0.25) is 0 Å². The molecule has 1 atom stereocenters. The van der Waals surface area contributed by atoms with Gasteiger partial charge in [-0.05, 0) is 13.3 Å². The lowest BCUT2D eigenvalue weighted by Crippen LogP contribution is -2.15. The second-order valence-corrected chi connectivity index (χ2v) is 4.02. The molecule has 0 bridgehead atoms. The summed E-state index contributed by atoms with van der Waals surface area (Å²) in [4.78, 5) is 4.30. The van der Waals surface area contributed by atoms with E-state index >= 15 is 0 Å². The summed E-state index contributed by atoms with van der Waals surface area (Å²) < 4.78 is 4.18. The molecule has 0 spiro atoms. The van der Waals surface area contributed by atoms with Crippen molar-refractivity contribution in [3.63, 3.8) is 0 Å². The number of anilines is 1. The SMILES string of the molecule is CCc1nsc(NC(C)CCCl)n1. The molecule has 0 aliphatic carbocycles. The van der Waals surface area contributed by atoms with Crippen molar-refractivity contribution in [1.82, 2.24) is 9.36 Å². The fourth-order valence-electron chi connectivity index (χ4n) is 0.903. The molecular formula is C8H14ClN3S. The number of nitrogens with zero attached hydrogens (tertiary/aromatic N) is 2. The van der Waals surface area contributed by atoms with Crippen LogP contribution in [0.3, 0.4) is 0 Å². The van der Waals surface area contributed by atoms with Crippen molar-refractivity contribution in [1.29, 1.82) is 0 Å². The van der Waals surface area contributed by atoms with Gasteiger partial charge in [0.15, 0.2) is 0 Å². The third-order valence-corrected chi connectivity index (χ3v) is 2.60. The average molecular weight is 220 g/mol. The van der Waals surface area contributed by atoms with Crippen molar-refractivity contribution in [2.24, 2.45) is 0 Å². The molecule has 74 valence electrons. The van der Waals surface area contributed by atoms with Gasteiger partial charge in [0.1, 0.15) is 5.82 Å². The van der Waals surface area contributed by atoms with Crippen molar-refractivity contribution in [3.8, 4) is 0 Å². The van der Waals surface area contributed by atoms with Crippen LogP contribution in [0, 0.1) is 0 Å². The van der Waals surface area contributed by atoms with E-state index in [1.54, 1.807) is 0 Å². The first-order chi connectivity index (χ1) is 6.26. The van der Waals surface area contributed by atoms with Gasteiger partial charge in [0.05, 0.1) is 0 Å². The van der Waals surface area contributed by atoms with E-state index in [1.807, 2.05) is 6.92 Å². The van der Waals surface area contributed by atoms with Gasteiger partial charge in [0.2, 0.25) is 5.13 Å². The summed E-state index contributed by atoms with van der Waals surface area (Å²) in [6.45, 7) is 4.14. The van der Waals surface area contributed by atoms with Gasteiger partial charge in [-0.2, -0.15) is 4.37 Å². The van der Waals surface area contributed by atoms with Crippen molar-refractivity contribution in [2.75, 3.05) is 11.2 Å². The summed E-state index contributed by atoms with van der Waals surface area (Å²) in [5.41, 5.74) is 0. The molecule has 1 aromatic heterocycles. The molecule has 1 N–H and O–H groups in total. The molecule has 1 unspecified atom stereocenters. The molecule has 0 aliphatic rings.